The number of halogens is 1. The second kappa shape index (κ2) is 5.05. The average molecular weight is 295 g/mol. The van der Waals surface area contributed by atoms with Crippen molar-refractivity contribution >= 4 is 33.1 Å². The first-order chi connectivity index (χ1) is 7.79. The maximum atomic E-state index is 8.40. The fourth-order valence-electron chi connectivity index (χ4n) is 1.14. The van der Waals surface area contributed by atoms with Gasteiger partial charge in [-0.25, -0.2) is 0 Å². The van der Waals surface area contributed by atoms with Gasteiger partial charge < -0.3 is 5.32 Å². The van der Waals surface area contributed by atoms with Gasteiger partial charge in [0.1, 0.15) is 18.1 Å². The third-order valence-corrected chi connectivity index (χ3v) is 3.55. The largest absolute Gasteiger partial charge is 0.356 e. The fourth-order valence-corrected chi connectivity index (χ4v) is 2.53. The van der Waals surface area contributed by atoms with E-state index in [4.69, 9.17) is 5.26 Å². The Morgan fingerprint density at radius 2 is 2.31 bits per heavy atom. The van der Waals surface area contributed by atoms with Crippen LogP contribution in [0.4, 0.5) is 5.82 Å². The van der Waals surface area contributed by atoms with Crippen molar-refractivity contribution in [1.29, 1.82) is 5.26 Å². The van der Waals surface area contributed by atoms with E-state index in [0.717, 1.165) is 15.0 Å². The molecule has 80 valence electrons. The Balaban J connectivity index is 2.16. The van der Waals surface area contributed by atoms with Crippen LogP contribution in [0.2, 0.25) is 0 Å². The SMILES string of the molecule is N#CCNc1ccc(-c2cc(Br)cs2)nn1. The molecule has 4 nitrogen and oxygen atoms in total. The van der Waals surface area contributed by atoms with Crippen LogP contribution >= 0.6 is 27.3 Å². The van der Waals surface area contributed by atoms with Gasteiger partial charge in [0.2, 0.25) is 0 Å². The van der Waals surface area contributed by atoms with E-state index in [1.54, 1.807) is 11.3 Å². The van der Waals surface area contributed by atoms with E-state index in [2.05, 4.69) is 31.4 Å². The first kappa shape index (κ1) is 11.0. The molecule has 2 rings (SSSR count). The predicted octanol–water partition coefficient (Wildman–Crippen LogP) is 2.90. The highest BCUT2D eigenvalue weighted by atomic mass is 79.9. The molecule has 0 bridgehead atoms. The highest BCUT2D eigenvalue weighted by molar-refractivity contribution is 9.10. The Morgan fingerprint density at radius 3 is 2.88 bits per heavy atom. The lowest BCUT2D eigenvalue weighted by molar-refractivity contribution is 1.03. The fraction of sp³-hybridized carbons (Fsp3) is 0.100. The number of nitrogens with one attached hydrogen (secondary N) is 1. The van der Waals surface area contributed by atoms with E-state index in [1.807, 2.05) is 29.6 Å². The molecule has 0 unspecified atom stereocenters. The number of hydrogen-bond donors (Lipinski definition) is 1. The minimum absolute atomic E-state index is 0.235. The molecule has 0 fully saturated rings. The highest BCUT2D eigenvalue weighted by Gasteiger charge is 2.03. The van der Waals surface area contributed by atoms with Crippen molar-refractivity contribution in [3.05, 3.63) is 28.1 Å². The van der Waals surface area contributed by atoms with Gasteiger partial charge in [0.15, 0.2) is 0 Å². The van der Waals surface area contributed by atoms with Crippen molar-refractivity contribution in [2.75, 3.05) is 11.9 Å². The molecule has 2 aromatic heterocycles. The molecule has 0 aliphatic heterocycles. The molecule has 16 heavy (non-hydrogen) atoms. The topological polar surface area (TPSA) is 61.6 Å². The monoisotopic (exact) mass is 294 g/mol. The van der Waals surface area contributed by atoms with Crippen LogP contribution in [-0.2, 0) is 0 Å². The summed E-state index contributed by atoms with van der Waals surface area (Å²) in [5.74, 6) is 0.612. The number of anilines is 1. The van der Waals surface area contributed by atoms with Gasteiger partial charge in [0, 0.05) is 9.85 Å². The number of nitrogens with zero attached hydrogens (tertiary/aromatic N) is 3. The maximum Gasteiger partial charge on any atom is 0.149 e. The molecule has 2 aromatic rings. The van der Waals surface area contributed by atoms with E-state index in [9.17, 15) is 0 Å². The second-order valence-electron chi connectivity index (χ2n) is 2.94. The van der Waals surface area contributed by atoms with E-state index in [0.29, 0.717) is 5.82 Å². The summed E-state index contributed by atoms with van der Waals surface area (Å²) in [4.78, 5) is 1.06. The maximum absolute atomic E-state index is 8.40. The molecule has 0 saturated heterocycles. The summed E-state index contributed by atoms with van der Waals surface area (Å²) in [7, 11) is 0. The first-order valence-corrected chi connectivity index (χ1v) is 6.16. The van der Waals surface area contributed by atoms with Crippen molar-refractivity contribution in [3.63, 3.8) is 0 Å². The summed E-state index contributed by atoms with van der Waals surface area (Å²) in [6.07, 6.45) is 0. The van der Waals surface area contributed by atoms with Crippen LogP contribution in [0, 0.1) is 11.3 Å². The van der Waals surface area contributed by atoms with Crippen molar-refractivity contribution in [1.82, 2.24) is 10.2 Å². The number of thiophene rings is 1. The summed E-state index contributed by atoms with van der Waals surface area (Å²) in [6, 6.07) is 7.67. The van der Waals surface area contributed by atoms with Crippen LogP contribution in [0.15, 0.2) is 28.1 Å². The number of nitriles is 1. The van der Waals surface area contributed by atoms with Gasteiger partial charge >= 0.3 is 0 Å². The minimum atomic E-state index is 0.235. The van der Waals surface area contributed by atoms with Crippen LogP contribution in [0.3, 0.4) is 0 Å². The van der Waals surface area contributed by atoms with Crippen molar-refractivity contribution in [2.45, 2.75) is 0 Å². The van der Waals surface area contributed by atoms with Gasteiger partial charge in [-0.05, 0) is 34.1 Å². The van der Waals surface area contributed by atoms with Crippen LogP contribution in [0.1, 0.15) is 0 Å². The molecule has 0 aliphatic rings. The van der Waals surface area contributed by atoms with Gasteiger partial charge in [-0.1, -0.05) is 0 Å². The normalized spacial score (nSPS) is 9.75. The lowest BCUT2D eigenvalue weighted by Crippen LogP contribution is -2.01. The molecular weight excluding hydrogens is 288 g/mol. The highest BCUT2D eigenvalue weighted by Crippen LogP contribution is 2.28. The Bertz CT molecular complexity index is 514. The lowest BCUT2D eigenvalue weighted by atomic mass is 10.3. The van der Waals surface area contributed by atoms with Crippen LogP contribution in [-0.4, -0.2) is 16.7 Å². The van der Waals surface area contributed by atoms with Crippen molar-refractivity contribution < 1.29 is 0 Å². The molecule has 0 spiro atoms. The smallest absolute Gasteiger partial charge is 0.149 e. The van der Waals surface area contributed by atoms with E-state index < -0.39 is 0 Å². The van der Waals surface area contributed by atoms with Crippen LogP contribution in [0.5, 0.6) is 0 Å². The second-order valence-corrected chi connectivity index (χ2v) is 4.77. The molecule has 6 heteroatoms. The summed E-state index contributed by atoms with van der Waals surface area (Å²) in [6.45, 7) is 0.235. The van der Waals surface area contributed by atoms with Gasteiger partial charge in [0.25, 0.3) is 0 Å². The molecule has 0 radical (unpaired) electrons. The van der Waals surface area contributed by atoms with Gasteiger partial charge in [-0.15, -0.1) is 21.5 Å². The zero-order valence-corrected chi connectivity index (χ0v) is 10.5. The molecular formula is C10H7BrN4S. The summed E-state index contributed by atoms with van der Waals surface area (Å²) >= 11 is 5.00. The molecule has 2 heterocycles. The zero-order valence-electron chi connectivity index (χ0n) is 8.14. The first-order valence-electron chi connectivity index (χ1n) is 4.48. The Kier molecular flexibility index (Phi) is 3.49. The molecule has 1 N–H and O–H groups in total. The van der Waals surface area contributed by atoms with Crippen LogP contribution in [0.25, 0.3) is 10.6 Å². The van der Waals surface area contributed by atoms with Crippen LogP contribution < -0.4 is 5.32 Å². The summed E-state index contributed by atoms with van der Waals surface area (Å²) in [5.41, 5.74) is 0.832. The van der Waals surface area contributed by atoms with Gasteiger partial charge in [-0.3, -0.25) is 0 Å². The molecule has 0 aromatic carbocycles. The molecule has 0 aliphatic carbocycles. The molecule has 0 saturated carbocycles. The third-order valence-electron chi connectivity index (χ3n) is 1.83. The average Bonchev–Trinajstić information content (AvgIpc) is 2.74. The molecule has 0 amide bonds. The zero-order chi connectivity index (χ0) is 11.4. The van der Waals surface area contributed by atoms with Crippen molar-refractivity contribution in [2.24, 2.45) is 0 Å². The standard InChI is InChI=1S/C10H7BrN4S/c11-7-5-9(16-6-7)8-1-2-10(15-14-8)13-4-3-12/h1-2,5-6H,4H2,(H,13,15). The van der Waals surface area contributed by atoms with E-state index in [1.165, 1.54) is 0 Å². The number of aromatic nitrogens is 2. The minimum Gasteiger partial charge on any atom is -0.356 e. The summed E-state index contributed by atoms with van der Waals surface area (Å²) < 4.78 is 1.04. The number of rotatable bonds is 3. The van der Waals surface area contributed by atoms with E-state index >= 15 is 0 Å². The lowest BCUT2D eigenvalue weighted by Gasteiger charge is -2.00. The van der Waals surface area contributed by atoms with Gasteiger partial charge in [0.05, 0.1) is 10.9 Å². The van der Waals surface area contributed by atoms with Gasteiger partial charge in [-0.2, -0.15) is 5.26 Å². The Labute approximate surface area is 105 Å². The Hall–Kier alpha value is -1.45. The predicted molar refractivity (Wildman–Crippen MR) is 67.1 cm³/mol. The summed E-state index contributed by atoms with van der Waals surface area (Å²) in [5, 5.41) is 21.3. The number of hydrogen-bond acceptors (Lipinski definition) is 5. The third kappa shape index (κ3) is 2.56. The molecule has 0 atom stereocenters. The Morgan fingerprint density at radius 1 is 1.44 bits per heavy atom. The van der Waals surface area contributed by atoms with Crippen molar-refractivity contribution in [3.8, 4) is 16.6 Å². The van der Waals surface area contributed by atoms with E-state index in [-0.39, 0.29) is 6.54 Å². The quantitative estimate of drug-likeness (QED) is 0.884.